The zero-order valence-electron chi connectivity index (χ0n) is 10.9. The van der Waals surface area contributed by atoms with Gasteiger partial charge in [0.1, 0.15) is 0 Å². The standard InChI is InChI=1S/C12H16N4O2/c1-7-9(12(2,3)11(13)18)10(17)16-8(14-7)5-6-15(16)4/h5-6H,1-4H3,(H2,13,18). The molecule has 0 radical (unpaired) electrons. The highest BCUT2D eigenvalue weighted by Gasteiger charge is 2.33. The van der Waals surface area contributed by atoms with Gasteiger partial charge in [0.15, 0.2) is 5.65 Å². The molecule has 0 aromatic carbocycles. The Labute approximate surface area is 104 Å². The fraction of sp³-hybridized carbons (Fsp3) is 0.417. The molecule has 2 aromatic rings. The number of amides is 1. The van der Waals surface area contributed by atoms with Gasteiger partial charge in [-0.15, -0.1) is 0 Å². The van der Waals surface area contributed by atoms with Crippen LogP contribution >= 0.6 is 0 Å². The summed E-state index contributed by atoms with van der Waals surface area (Å²) in [6.07, 6.45) is 1.74. The minimum absolute atomic E-state index is 0.256. The molecule has 0 saturated carbocycles. The van der Waals surface area contributed by atoms with E-state index in [9.17, 15) is 9.59 Å². The quantitative estimate of drug-likeness (QED) is 0.818. The number of primary amides is 1. The zero-order chi connectivity index (χ0) is 13.7. The van der Waals surface area contributed by atoms with Gasteiger partial charge in [0.2, 0.25) is 5.91 Å². The van der Waals surface area contributed by atoms with Gasteiger partial charge in [-0.05, 0) is 20.8 Å². The monoisotopic (exact) mass is 248 g/mol. The van der Waals surface area contributed by atoms with E-state index in [0.29, 0.717) is 16.9 Å². The van der Waals surface area contributed by atoms with E-state index in [4.69, 9.17) is 5.73 Å². The summed E-state index contributed by atoms with van der Waals surface area (Å²) < 4.78 is 3.05. The lowest BCUT2D eigenvalue weighted by Crippen LogP contribution is -2.42. The Hall–Kier alpha value is -2.11. The maximum absolute atomic E-state index is 12.5. The highest BCUT2D eigenvalue weighted by Crippen LogP contribution is 2.22. The van der Waals surface area contributed by atoms with E-state index in [0.717, 1.165) is 0 Å². The number of carbonyl (C=O) groups is 1. The number of rotatable bonds is 2. The molecule has 0 aliphatic heterocycles. The molecule has 0 saturated heterocycles. The van der Waals surface area contributed by atoms with E-state index < -0.39 is 11.3 Å². The average molecular weight is 248 g/mol. The molecule has 0 aliphatic rings. The Morgan fingerprint density at radius 2 is 2.06 bits per heavy atom. The molecule has 6 heteroatoms. The number of fused-ring (bicyclic) bond motifs is 1. The molecule has 6 nitrogen and oxygen atoms in total. The van der Waals surface area contributed by atoms with Gasteiger partial charge in [0, 0.05) is 25.0 Å². The van der Waals surface area contributed by atoms with Crippen LogP contribution in [0.4, 0.5) is 0 Å². The van der Waals surface area contributed by atoms with Crippen LogP contribution in [0.2, 0.25) is 0 Å². The van der Waals surface area contributed by atoms with Gasteiger partial charge in [-0.25, -0.2) is 4.98 Å². The van der Waals surface area contributed by atoms with E-state index in [1.165, 1.54) is 4.52 Å². The summed E-state index contributed by atoms with van der Waals surface area (Å²) in [5.41, 5.74) is 5.52. The van der Waals surface area contributed by atoms with E-state index >= 15 is 0 Å². The molecule has 0 atom stereocenters. The number of nitrogens with two attached hydrogens (primary N) is 1. The fourth-order valence-electron chi connectivity index (χ4n) is 2.14. The highest BCUT2D eigenvalue weighted by atomic mass is 16.2. The third-order valence-electron chi connectivity index (χ3n) is 3.26. The van der Waals surface area contributed by atoms with Crippen LogP contribution in [0.5, 0.6) is 0 Å². The Morgan fingerprint density at radius 1 is 1.44 bits per heavy atom. The summed E-state index contributed by atoms with van der Waals surface area (Å²) in [6.45, 7) is 4.99. The molecular formula is C12H16N4O2. The highest BCUT2D eigenvalue weighted by molar-refractivity contribution is 5.85. The van der Waals surface area contributed by atoms with Crippen molar-refractivity contribution in [1.82, 2.24) is 14.2 Å². The second-order valence-corrected chi connectivity index (χ2v) is 4.93. The Balaban J connectivity index is 2.92. The van der Waals surface area contributed by atoms with Crippen LogP contribution in [0.25, 0.3) is 5.65 Å². The van der Waals surface area contributed by atoms with Crippen molar-refractivity contribution in [3.05, 3.63) is 33.9 Å². The molecule has 2 N–H and O–H groups in total. The van der Waals surface area contributed by atoms with Crippen LogP contribution in [0.15, 0.2) is 17.1 Å². The van der Waals surface area contributed by atoms with Crippen molar-refractivity contribution < 1.29 is 4.79 Å². The van der Waals surface area contributed by atoms with Gasteiger partial charge in [-0.3, -0.25) is 14.3 Å². The van der Waals surface area contributed by atoms with Gasteiger partial charge in [-0.2, -0.15) is 4.52 Å². The summed E-state index contributed by atoms with van der Waals surface area (Å²) in [5, 5.41) is 0. The first kappa shape index (κ1) is 12.3. The second kappa shape index (κ2) is 3.69. The third kappa shape index (κ3) is 1.53. The number of aryl methyl sites for hydroxylation is 2. The van der Waals surface area contributed by atoms with Gasteiger partial charge in [0.25, 0.3) is 5.56 Å². The first-order valence-electron chi connectivity index (χ1n) is 5.62. The van der Waals surface area contributed by atoms with Crippen molar-refractivity contribution in [2.24, 2.45) is 12.8 Å². The van der Waals surface area contributed by atoms with Crippen molar-refractivity contribution in [3.8, 4) is 0 Å². The molecule has 0 spiro atoms. The molecule has 2 heterocycles. The summed E-state index contributed by atoms with van der Waals surface area (Å²) in [4.78, 5) is 28.3. The molecule has 18 heavy (non-hydrogen) atoms. The van der Waals surface area contributed by atoms with Gasteiger partial charge in [0.05, 0.1) is 11.0 Å². The summed E-state index contributed by atoms with van der Waals surface area (Å²) in [5.74, 6) is -0.543. The van der Waals surface area contributed by atoms with Crippen LogP contribution in [0, 0.1) is 6.92 Å². The topological polar surface area (TPSA) is 82.4 Å². The lowest BCUT2D eigenvalue weighted by molar-refractivity contribution is -0.122. The number of nitrogens with zero attached hydrogens (tertiary/aromatic N) is 3. The minimum atomic E-state index is -1.04. The Kier molecular flexibility index (Phi) is 2.53. The van der Waals surface area contributed by atoms with Crippen molar-refractivity contribution in [2.45, 2.75) is 26.2 Å². The lowest BCUT2D eigenvalue weighted by atomic mass is 9.84. The smallest absolute Gasteiger partial charge is 0.277 e. The van der Waals surface area contributed by atoms with E-state index in [2.05, 4.69) is 4.98 Å². The molecule has 1 amide bonds. The Morgan fingerprint density at radius 3 is 2.61 bits per heavy atom. The van der Waals surface area contributed by atoms with E-state index in [1.54, 1.807) is 44.8 Å². The maximum Gasteiger partial charge on any atom is 0.277 e. The number of hydrogen-bond acceptors (Lipinski definition) is 3. The van der Waals surface area contributed by atoms with Crippen molar-refractivity contribution in [1.29, 1.82) is 0 Å². The molecule has 2 aromatic heterocycles. The average Bonchev–Trinajstić information content (AvgIpc) is 2.59. The summed E-state index contributed by atoms with van der Waals surface area (Å²) in [7, 11) is 1.74. The van der Waals surface area contributed by atoms with Gasteiger partial charge < -0.3 is 5.73 Å². The Bertz CT molecular complexity index is 694. The lowest BCUT2D eigenvalue weighted by Gasteiger charge is -2.21. The normalized spacial score (nSPS) is 12.0. The molecular weight excluding hydrogens is 232 g/mol. The number of hydrogen-bond donors (Lipinski definition) is 1. The van der Waals surface area contributed by atoms with Gasteiger partial charge in [-0.1, -0.05) is 0 Å². The van der Waals surface area contributed by atoms with Crippen LogP contribution in [-0.2, 0) is 17.3 Å². The van der Waals surface area contributed by atoms with Gasteiger partial charge >= 0.3 is 0 Å². The van der Waals surface area contributed by atoms with Crippen molar-refractivity contribution in [3.63, 3.8) is 0 Å². The van der Waals surface area contributed by atoms with E-state index in [1.807, 2.05) is 0 Å². The third-order valence-corrected chi connectivity index (χ3v) is 3.26. The number of carbonyl (C=O) groups excluding carboxylic acids is 1. The SMILES string of the molecule is Cc1nc2ccn(C)n2c(=O)c1C(C)(C)C(N)=O. The number of aromatic nitrogens is 3. The van der Waals surface area contributed by atoms with Crippen LogP contribution < -0.4 is 11.3 Å². The van der Waals surface area contributed by atoms with Crippen LogP contribution in [0.1, 0.15) is 25.1 Å². The van der Waals surface area contributed by atoms with Crippen molar-refractivity contribution in [2.75, 3.05) is 0 Å². The molecule has 96 valence electrons. The largest absolute Gasteiger partial charge is 0.369 e. The van der Waals surface area contributed by atoms with Crippen molar-refractivity contribution >= 4 is 11.6 Å². The molecule has 0 bridgehead atoms. The zero-order valence-corrected chi connectivity index (χ0v) is 10.9. The first-order valence-corrected chi connectivity index (χ1v) is 5.62. The predicted molar refractivity (Wildman–Crippen MR) is 67.4 cm³/mol. The van der Waals surface area contributed by atoms with Crippen LogP contribution in [-0.4, -0.2) is 20.1 Å². The maximum atomic E-state index is 12.5. The summed E-state index contributed by atoms with van der Waals surface area (Å²) >= 11 is 0. The molecule has 2 rings (SSSR count). The molecule has 0 fully saturated rings. The minimum Gasteiger partial charge on any atom is -0.369 e. The second-order valence-electron chi connectivity index (χ2n) is 4.93. The molecule has 0 unspecified atom stereocenters. The predicted octanol–water partition coefficient (Wildman–Crippen LogP) is 0.104. The summed E-state index contributed by atoms with van der Waals surface area (Å²) in [6, 6.07) is 1.75. The fourth-order valence-corrected chi connectivity index (χ4v) is 2.14. The first-order chi connectivity index (χ1) is 8.26. The van der Waals surface area contributed by atoms with E-state index in [-0.39, 0.29) is 5.56 Å². The molecule has 0 aliphatic carbocycles. The van der Waals surface area contributed by atoms with Crippen LogP contribution in [0.3, 0.4) is 0 Å².